The summed E-state index contributed by atoms with van der Waals surface area (Å²) in [5, 5.41) is 0.787. The summed E-state index contributed by atoms with van der Waals surface area (Å²) in [7, 11) is 0. The Morgan fingerprint density at radius 2 is 1.48 bits per heavy atom. The minimum absolute atomic E-state index is 0.0788. The molecular formula is C23H25ClN2O2S. The molecule has 0 spiro atoms. The summed E-state index contributed by atoms with van der Waals surface area (Å²) in [6.45, 7) is 2.58. The van der Waals surface area contributed by atoms with Crippen LogP contribution < -0.4 is 0 Å². The highest BCUT2D eigenvalue weighted by Gasteiger charge is 2.35. The minimum Gasteiger partial charge on any atom is -0.339 e. The van der Waals surface area contributed by atoms with Crippen LogP contribution in [0.15, 0.2) is 54.6 Å². The van der Waals surface area contributed by atoms with Crippen molar-refractivity contribution in [3.05, 3.63) is 70.7 Å². The fraction of sp³-hybridized carbons (Fsp3) is 0.391. The standard InChI is InChI=1S/C23H25ClN2O2S/c24-20-10-8-18(9-11-20)22(17-4-2-1-3-5-17)29-16-21(27)25-12-14-26(15-13-25)23(28)19-6-7-19/h1-5,8-11,19,22H,6-7,12-16H2. The fourth-order valence-corrected chi connectivity index (χ4v) is 4.98. The highest BCUT2D eigenvalue weighted by Crippen LogP contribution is 2.36. The fourth-order valence-electron chi connectivity index (χ4n) is 3.66. The van der Waals surface area contributed by atoms with Crippen molar-refractivity contribution in [2.24, 2.45) is 5.92 Å². The third-order valence-electron chi connectivity index (χ3n) is 5.52. The number of hydrogen-bond acceptors (Lipinski definition) is 3. The smallest absolute Gasteiger partial charge is 0.232 e. The number of amides is 2. The van der Waals surface area contributed by atoms with Gasteiger partial charge in [-0.05, 0) is 36.1 Å². The molecule has 2 amide bonds. The van der Waals surface area contributed by atoms with Gasteiger partial charge in [-0.1, -0.05) is 54.1 Å². The van der Waals surface area contributed by atoms with Gasteiger partial charge in [0, 0.05) is 37.1 Å². The summed E-state index contributed by atoms with van der Waals surface area (Å²) < 4.78 is 0. The second-order valence-electron chi connectivity index (χ2n) is 7.63. The lowest BCUT2D eigenvalue weighted by Gasteiger charge is -2.35. The number of carbonyl (C=O) groups is 2. The van der Waals surface area contributed by atoms with Crippen LogP contribution in [0.4, 0.5) is 0 Å². The molecule has 0 aromatic heterocycles. The quantitative estimate of drug-likeness (QED) is 0.690. The molecule has 0 N–H and O–H groups in total. The number of carbonyl (C=O) groups excluding carboxylic acids is 2. The summed E-state index contributed by atoms with van der Waals surface area (Å²) in [4.78, 5) is 28.8. The van der Waals surface area contributed by atoms with Crippen LogP contribution in [0.2, 0.25) is 5.02 Å². The average molecular weight is 429 g/mol. The maximum absolute atomic E-state index is 12.8. The van der Waals surface area contributed by atoms with Crippen LogP contribution in [-0.2, 0) is 9.59 Å². The van der Waals surface area contributed by atoms with E-state index in [0.717, 1.165) is 18.4 Å². The van der Waals surface area contributed by atoms with E-state index in [1.807, 2.05) is 52.3 Å². The zero-order chi connectivity index (χ0) is 20.2. The van der Waals surface area contributed by atoms with Gasteiger partial charge < -0.3 is 9.80 Å². The van der Waals surface area contributed by atoms with Crippen molar-refractivity contribution in [3.63, 3.8) is 0 Å². The number of piperazine rings is 1. The Hall–Kier alpha value is -1.98. The Morgan fingerprint density at radius 1 is 0.897 bits per heavy atom. The molecule has 6 heteroatoms. The van der Waals surface area contributed by atoms with Crippen LogP contribution in [0, 0.1) is 5.92 Å². The summed E-state index contributed by atoms with van der Waals surface area (Å²) >= 11 is 7.70. The number of thioether (sulfide) groups is 1. The molecule has 152 valence electrons. The molecule has 1 aliphatic heterocycles. The highest BCUT2D eigenvalue weighted by atomic mass is 35.5. The molecule has 1 atom stereocenters. The van der Waals surface area contributed by atoms with Crippen LogP contribution in [0.3, 0.4) is 0 Å². The first kappa shape index (κ1) is 20.3. The topological polar surface area (TPSA) is 40.6 Å². The Bertz CT molecular complexity index is 847. The number of hydrogen-bond donors (Lipinski definition) is 0. The molecular weight excluding hydrogens is 404 g/mol. The highest BCUT2D eigenvalue weighted by molar-refractivity contribution is 8.00. The number of nitrogens with zero attached hydrogens (tertiary/aromatic N) is 2. The first-order valence-electron chi connectivity index (χ1n) is 10.1. The maximum atomic E-state index is 12.8. The van der Waals surface area contributed by atoms with Gasteiger partial charge in [-0.3, -0.25) is 9.59 Å². The van der Waals surface area contributed by atoms with E-state index in [9.17, 15) is 9.59 Å². The summed E-state index contributed by atoms with van der Waals surface area (Å²) in [6.07, 6.45) is 2.06. The van der Waals surface area contributed by atoms with E-state index in [4.69, 9.17) is 11.6 Å². The number of halogens is 1. The summed E-state index contributed by atoms with van der Waals surface area (Å²) in [5.74, 6) is 1.08. The van der Waals surface area contributed by atoms with Gasteiger partial charge in [0.05, 0.1) is 11.0 Å². The molecule has 2 aliphatic rings. The molecule has 1 heterocycles. The Balaban J connectivity index is 1.36. The normalized spacial score (nSPS) is 17.8. The monoisotopic (exact) mass is 428 g/mol. The van der Waals surface area contributed by atoms with E-state index in [1.165, 1.54) is 5.56 Å². The van der Waals surface area contributed by atoms with Crippen molar-refractivity contribution in [2.45, 2.75) is 18.1 Å². The molecule has 1 saturated heterocycles. The summed E-state index contributed by atoms with van der Waals surface area (Å²) in [6, 6.07) is 18.1. The van der Waals surface area contributed by atoms with E-state index in [0.29, 0.717) is 37.0 Å². The van der Waals surface area contributed by atoms with Gasteiger partial charge in [0.2, 0.25) is 11.8 Å². The van der Waals surface area contributed by atoms with E-state index in [1.54, 1.807) is 11.8 Å². The van der Waals surface area contributed by atoms with Crippen molar-refractivity contribution in [3.8, 4) is 0 Å². The molecule has 4 nitrogen and oxygen atoms in total. The molecule has 2 aromatic carbocycles. The largest absolute Gasteiger partial charge is 0.339 e. The molecule has 1 saturated carbocycles. The SMILES string of the molecule is O=C(CSC(c1ccccc1)c1ccc(Cl)cc1)N1CCN(C(=O)C2CC2)CC1. The third-order valence-corrected chi connectivity index (χ3v) is 7.06. The number of benzene rings is 2. The molecule has 4 rings (SSSR count). The van der Waals surface area contributed by atoms with Crippen LogP contribution in [0.1, 0.15) is 29.2 Å². The van der Waals surface area contributed by atoms with Crippen LogP contribution in [0.5, 0.6) is 0 Å². The lowest BCUT2D eigenvalue weighted by atomic mass is 10.0. The van der Waals surface area contributed by atoms with Crippen LogP contribution in [-0.4, -0.2) is 53.5 Å². The molecule has 1 unspecified atom stereocenters. The molecule has 2 fully saturated rings. The lowest BCUT2D eigenvalue weighted by molar-refractivity contribution is -0.139. The van der Waals surface area contributed by atoms with Gasteiger partial charge in [0.15, 0.2) is 0 Å². The molecule has 29 heavy (non-hydrogen) atoms. The van der Waals surface area contributed by atoms with E-state index in [-0.39, 0.29) is 23.0 Å². The molecule has 0 radical (unpaired) electrons. The predicted octanol–water partition coefficient (Wildman–Crippen LogP) is 4.24. The zero-order valence-electron chi connectivity index (χ0n) is 16.3. The van der Waals surface area contributed by atoms with E-state index in [2.05, 4.69) is 12.1 Å². The third kappa shape index (κ3) is 5.14. The zero-order valence-corrected chi connectivity index (χ0v) is 17.9. The Kier molecular flexibility index (Phi) is 6.46. The maximum Gasteiger partial charge on any atom is 0.232 e. The predicted molar refractivity (Wildman–Crippen MR) is 118 cm³/mol. The van der Waals surface area contributed by atoms with Crippen molar-refractivity contribution >= 4 is 35.2 Å². The average Bonchev–Trinajstić information content (AvgIpc) is 3.61. The van der Waals surface area contributed by atoms with Gasteiger partial charge in [0.25, 0.3) is 0 Å². The van der Waals surface area contributed by atoms with Crippen molar-refractivity contribution in [1.82, 2.24) is 9.80 Å². The van der Waals surface area contributed by atoms with Gasteiger partial charge in [-0.25, -0.2) is 0 Å². The first-order valence-corrected chi connectivity index (χ1v) is 11.5. The van der Waals surface area contributed by atoms with Gasteiger partial charge in [-0.2, -0.15) is 0 Å². The van der Waals surface area contributed by atoms with E-state index >= 15 is 0 Å². The van der Waals surface area contributed by atoms with Crippen molar-refractivity contribution < 1.29 is 9.59 Å². The van der Waals surface area contributed by atoms with Crippen molar-refractivity contribution in [2.75, 3.05) is 31.9 Å². The number of rotatable bonds is 6. The molecule has 0 bridgehead atoms. The van der Waals surface area contributed by atoms with Gasteiger partial charge in [-0.15, -0.1) is 11.8 Å². The van der Waals surface area contributed by atoms with Gasteiger partial charge >= 0.3 is 0 Å². The van der Waals surface area contributed by atoms with Crippen molar-refractivity contribution in [1.29, 1.82) is 0 Å². The van der Waals surface area contributed by atoms with Crippen LogP contribution in [0.25, 0.3) is 0 Å². The molecule has 1 aliphatic carbocycles. The van der Waals surface area contributed by atoms with Crippen LogP contribution >= 0.6 is 23.4 Å². The second kappa shape index (κ2) is 9.23. The lowest BCUT2D eigenvalue weighted by Crippen LogP contribution is -2.51. The second-order valence-corrected chi connectivity index (χ2v) is 9.16. The minimum atomic E-state index is 0.0788. The summed E-state index contributed by atoms with van der Waals surface area (Å²) in [5.41, 5.74) is 2.31. The Morgan fingerprint density at radius 3 is 2.10 bits per heavy atom. The van der Waals surface area contributed by atoms with E-state index < -0.39 is 0 Å². The first-order chi connectivity index (χ1) is 14.1. The van der Waals surface area contributed by atoms with Gasteiger partial charge in [0.1, 0.15) is 0 Å². The molecule has 2 aromatic rings. The Labute approximate surface area is 181 Å².